The number of hydrogen-bond acceptors (Lipinski definition) is 1. The fraction of sp³-hybridized carbons (Fsp3) is 0. The Kier molecular flexibility index (Phi) is 3.80. The number of halogens is 3. The minimum Gasteiger partial charge on any atom is -0.193 e. The number of rotatable bonds is 1. The maximum Gasteiger partial charge on any atom is 0.0927 e. The van der Waals surface area contributed by atoms with Crippen LogP contribution in [0.1, 0.15) is 5.56 Å². The quantitative estimate of drug-likeness (QED) is 0.705. The third-order valence-electron chi connectivity index (χ3n) is 1.38. The van der Waals surface area contributed by atoms with Gasteiger partial charge in [0, 0.05) is 21.1 Å². The van der Waals surface area contributed by atoms with E-state index in [-0.39, 0.29) is 0 Å². The van der Waals surface area contributed by atoms with Gasteiger partial charge in [-0.2, -0.15) is 5.26 Å². The Hall–Kier alpha value is -0.490. The van der Waals surface area contributed by atoms with Crippen LogP contribution in [0.4, 0.5) is 0 Å². The van der Waals surface area contributed by atoms with E-state index in [0.29, 0.717) is 15.6 Å². The normalized spacial score (nSPS) is 11.1. The summed E-state index contributed by atoms with van der Waals surface area (Å²) in [6.07, 6.45) is 1.25. The minimum atomic E-state index is 0.341. The first-order chi connectivity index (χ1) is 6.15. The zero-order valence-electron chi connectivity index (χ0n) is 6.39. The second-order valence-corrected chi connectivity index (χ2v) is 3.98. The molecule has 0 heterocycles. The highest BCUT2D eigenvalue weighted by molar-refractivity contribution is 9.10. The number of nitriles is 1. The Morgan fingerprint density at radius 3 is 2.85 bits per heavy atom. The molecule has 0 amide bonds. The molecule has 1 rings (SSSR count). The number of hydrogen-bond donors (Lipinski definition) is 0. The van der Waals surface area contributed by atoms with E-state index in [1.165, 1.54) is 6.08 Å². The van der Waals surface area contributed by atoms with Crippen molar-refractivity contribution in [1.82, 2.24) is 0 Å². The fourth-order valence-corrected chi connectivity index (χ4v) is 1.65. The molecule has 0 atom stereocenters. The molecule has 66 valence electrons. The molecular formula is C9H4BrCl2N. The molecule has 4 heteroatoms. The van der Waals surface area contributed by atoms with Crippen molar-refractivity contribution in [2.75, 3.05) is 0 Å². The van der Waals surface area contributed by atoms with Crippen LogP contribution >= 0.6 is 39.1 Å². The average Bonchev–Trinajstić information content (AvgIpc) is 2.09. The summed E-state index contributed by atoms with van der Waals surface area (Å²) in [5, 5.41) is 9.26. The molecule has 0 saturated heterocycles. The summed E-state index contributed by atoms with van der Waals surface area (Å²) in [7, 11) is 0. The molecule has 0 aromatic heterocycles. The van der Waals surface area contributed by atoms with Crippen LogP contribution in [-0.4, -0.2) is 0 Å². The summed E-state index contributed by atoms with van der Waals surface area (Å²) in [5.74, 6) is 0. The molecule has 0 aliphatic heterocycles. The van der Waals surface area contributed by atoms with E-state index in [1.807, 2.05) is 12.1 Å². The van der Waals surface area contributed by atoms with Crippen LogP contribution in [0.5, 0.6) is 0 Å². The molecule has 0 radical (unpaired) electrons. The van der Waals surface area contributed by atoms with Crippen LogP contribution in [0.15, 0.2) is 28.7 Å². The highest BCUT2D eigenvalue weighted by Crippen LogP contribution is 2.29. The van der Waals surface area contributed by atoms with E-state index in [0.717, 1.165) is 4.47 Å². The van der Waals surface area contributed by atoms with Gasteiger partial charge in [0.2, 0.25) is 0 Å². The molecule has 0 unspecified atom stereocenters. The second kappa shape index (κ2) is 4.66. The van der Waals surface area contributed by atoms with Crippen molar-refractivity contribution in [3.8, 4) is 6.07 Å². The standard InChI is InChI=1S/C9H4BrCl2N/c10-6-1-2-8(11)7(5-6)9(12)3-4-13/h1-3,5H/b9-3-. The fourth-order valence-electron chi connectivity index (χ4n) is 0.815. The highest BCUT2D eigenvalue weighted by Gasteiger charge is 2.04. The zero-order chi connectivity index (χ0) is 9.84. The van der Waals surface area contributed by atoms with E-state index >= 15 is 0 Å². The van der Waals surface area contributed by atoms with Gasteiger partial charge in [-0.05, 0) is 18.2 Å². The molecular weight excluding hydrogens is 273 g/mol. The first kappa shape index (κ1) is 10.6. The van der Waals surface area contributed by atoms with E-state index in [1.54, 1.807) is 12.1 Å². The zero-order valence-corrected chi connectivity index (χ0v) is 9.49. The first-order valence-corrected chi connectivity index (χ1v) is 4.90. The van der Waals surface area contributed by atoms with Crippen molar-refractivity contribution < 1.29 is 0 Å². The van der Waals surface area contributed by atoms with Crippen molar-refractivity contribution >= 4 is 44.2 Å². The number of benzene rings is 1. The van der Waals surface area contributed by atoms with Gasteiger partial charge in [-0.3, -0.25) is 0 Å². The molecule has 0 saturated carbocycles. The molecule has 1 aromatic rings. The topological polar surface area (TPSA) is 23.8 Å². The summed E-state index contributed by atoms with van der Waals surface area (Å²) in [6, 6.07) is 7.13. The van der Waals surface area contributed by atoms with Crippen molar-refractivity contribution in [3.63, 3.8) is 0 Å². The maximum absolute atomic E-state index is 8.39. The Balaban J connectivity index is 3.22. The van der Waals surface area contributed by atoms with Gasteiger partial charge in [-0.1, -0.05) is 39.1 Å². The molecule has 0 bridgehead atoms. The van der Waals surface area contributed by atoms with E-state index in [2.05, 4.69) is 15.9 Å². The lowest BCUT2D eigenvalue weighted by Crippen LogP contribution is -1.79. The summed E-state index contributed by atoms with van der Waals surface area (Å²) in [6.45, 7) is 0. The van der Waals surface area contributed by atoms with Crippen LogP contribution in [-0.2, 0) is 0 Å². The monoisotopic (exact) mass is 275 g/mol. The van der Waals surface area contributed by atoms with Crippen molar-refractivity contribution in [3.05, 3.63) is 39.3 Å². The first-order valence-electron chi connectivity index (χ1n) is 3.36. The molecule has 1 aromatic carbocycles. The van der Waals surface area contributed by atoms with Gasteiger partial charge in [0.25, 0.3) is 0 Å². The lowest BCUT2D eigenvalue weighted by molar-refractivity contribution is 1.53. The van der Waals surface area contributed by atoms with Gasteiger partial charge < -0.3 is 0 Å². The van der Waals surface area contributed by atoms with Crippen LogP contribution in [0.25, 0.3) is 5.03 Å². The second-order valence-electron chi connectivity index (χ2n) is 2.25. The van der Waals surface area contributed by atoms with Gasteiger partial charge in [0.1, 0.15) is 0 Å². The Labute approximate surface area is 94.7 Å². The molecule has 0 aliphatic carbocycles. The van der Waals surface area contributed by atoms with E-state index < -0.39 is 0 Å². The van der Waals surface area contributed by atoms with Crippen LogP contribution in [0.3, 0.4) is 0 Å². The molecule has 0 fully saturated rings. The Morgan fingerprint density at radius 1 is 1.54 bits per heavy atom. The van der Waals surface area contributed by atoms with Gasteiger partial charge in [-0.25, -0.2) is 0 Å². The highest BCUT2D eigenvalue weighted by atomic mass is 79.9. The predicted octanol–water partition coefficient (Wildman–Crippen LogP) is 4.21. The summed E-state index contributed by atoms with van der Waals surface area (Å²) < 4.78 is 0.872. The molecule has 0 aliphatic rings. The van der Waals surface area contributed by atoms with E-state index in [4.69, 9.17) is 28.5 Å². The van der Waals surface area contributed by atoms with Crippen LogP contribution < -0.4 is 0 Å². The Bertz CT molecular complexity index is 393. The largest absolute Gasteiger partial charge is 0.193 e. The van der Waals surface area contributed by atoms with Crippen LogP contribution in [0.2, 0.25) is 5.02 Å². The number of nitrogens with zero attached hydrogens (tertiary/aromatic N) is 1. The molecule has 1 nitrogen and oxygen atoms in total. The Morgan fingerprint density at radius 2 is 2.23 bits per heavy atom. The predicted molar refractivity (Wildman–Crippen MR) is 58.6 cm³/mol. The molecule has 0 spiro atoms. The van der Waals surface area contributed by atoms with Gasteiger partial charge in [-0.15, -0.1) is 0 Å². The summed E-state index contributed by atoms with van der Waals surface area (Å²) in [4.78, 5) is 0. The van der Waals surface area contributed by atoms with Crippen molar-refractivity contribution in [1.29, 1.82) is 5.26 Å². The molecule has 13 heavy (non-hydrogen) atoms. The van der Waals surface area contributed by atoms with Crippen molar-refractivity contribution in [2.24, 2.45) is 0 Å². The average molecular weight is 277 g/mol. The van der Waals surface area contributed by atoms with Gasteiger partial charge in [0.15, 0.2) is 0 Å². The third kappa shape index (κ3) is 2.73. The summed E-state index contributed by atoms with van der Waals surface area (Å²) in [5.41, 5.74) is 0.652. The lowest BCUT2D eigenvalue weighted by Gasteiger charge is -2.01. The van der Waals surface area contributed by atoms with Crippen LogP contribution in [0, 0.1) is 11.3 Å². The minimum absolute atomic E-state index is 0.341. The lowest BCUT2D eigenvalue weighted by atomic mass is 10.2. The molecule has 0 N–H and O–H groups in total. The smallest absolute Gasteiger partial charge is 0.0927 e. The summed E-state index contributed by atoms with van der Waals surface area (Å²) >= 11 is 15.0. The third-order valence-corrected chi connectivity index (χ3v) is 2.51. The van der Waals surface area contributed by atoms with Crippen molar-refractivity contribution in [2.45, 2.75) is 0 Å². The SMILES string of the molecule is N#C/C=C(\Cl)c1cc(Br)ccc1Cl. The van der Waals surface area contributed by atoms with Gasteiger partial charge >= 0.3 is 0 Å². The maximum atomic E-state index is 8.39. The van der Waals surface area contributed by atoms with Gasteiger partial charge in [0.05, 0.1) is 11.1 Å². The number of allylic oxidation sites excluding steroid dienone is 1. The van der Waals surface area contributed by atoms with E-state index in [9.17, 15) is 0 Å².